The second kappa shape index (κ2) is 9.49. The summed E-state index contributed by atoms with van der Waals surface area (Å²) in [4.78, 5) is 31.9. The molecular weight excluding hydrogens is 507 g/mol. The molecule has 0 saturated carbocycles. The van der Waals surface area contributed by atoms with E-state index < -0.39 is 40.5 Å². The Morgan fingerprint density at radius 3 is 2.70 bits per heavy atom. The Kier molecular flexibility index (Phi) is 6.48. The Bertz CT molecular complexity index is 1450. The van der Waals surface area contributed by atoms with Crippen LogP contribution in [0, 0.1) is 23.4 Å². The Hall–Kier alpha value is -3.38. The number of nitrogens with zero attached hydrogens (tertiary/aromatic N) is 2. The van der Waals surface area contributed by atoms with Gasteiger partial charge in [0.1, 0.15) is 22.8 Å². The fourth-order valence-electron chi connectivity index (χ4n) is 5.66. The molecule has 2 aromatic heterocycles. The molecule has 1 aliphatic carbocycles. The number of halogens is 3. The highest BCUT2D eigenvalue weighted by Gasteiger charge is 2.43. The first-order chi connectivity index (χ1) is 17.7. The van der Waals surface area contributed by atoms with Crippen molar-refractivity contribution in [1.29, 1.82) is 0 Å². The van der Waals surface area contributed by atoms with Gasteiger partial charge in [-0.1, -0.05) is 18.5 Å². The Morgan fingerprint density at radius 1 is 1.27 bits per heavy atom. The normalized spacial score (nSPS) is 19.6. The van der Waals surface area contributed by atoms with Crippen LogP contribution in [0.1, 0.15) is 57.7 Å². The summed E-state index contributed by atoms with van der Waals surface area (Å²) in [5, 5.41) is 3.30. The number of ether oxygens (including phenoxy) is 1. The Labute approximate surface area is 214 Å². The summed E-state index contributed by atoms with van der Waals surface area (Å²) in [6, 6.07) is 1.91. The van der Waals surface area contributed by atoms with Crippen LogP contribution < -0.4 is 26.2 Å². The van der Waals surface area contributed by atoms with Crippen molar-refractivity contribution in [2.24, 2.45) is 5.92 Å². The van der Waals surface area contributed by atoms with E-state index in [0.717, 1.165) is 30.4 Å². The summed E-state index contributed by atoms with van der Waals surface area (Å²) in [6.45, 7) is 3.17. The van der Waals surface area contributed by atoms with Gasteiger partial charge >= 0.3 is 0 Å². The highest BCUT2D eigenvalue weighted by atomic mass is 32.1. The van der Waals surface area contributed by atoms with Crippen LogP contribution in [0.5, 0.6) is 5.75 Å². The molecular formula is C25H26F3N5O3S. The number of nitrogens with one attached hydrogen (secondary N) is 2. The summed E-state index contributed by atoms with van der Waals surface area (Å²) >= 11 is 0.842. The first-order valence-corrected chi connectivity index (χ1v) is 12.7. The molecule has 8 nitrogen and oxygen atoms in total. The minimum Gasteiger partial charge on any atom is -0.494 e. The molecule has 1 aromatic carbocycles. The number of H-pyrrole nitrogens is 1. The average molecular weight is 534 g/mol. The molecule has 3 atom stereocenters. The number of carbonyl (C=O) groups is 1. The molecule has 1 aliphatic heterocycles. The van der Waals surface area contributed by atoms with Crippen LogP contribution in [0.25, 0.3) is 0 Å². The van der Waals surface area contributed by atoms with E-state index >= 15 is 8.78 Å². The molecule has 1 saturated heterocycles. The quantitative estimate of drug-likeness (QED) is 0.348. The maximum absolute atomic E-state index is 15.7. The summed E-state index contributed by atoms with van der Waals surface area (Å²) in [7, 11) is 3.23. The second-order valence-corrected chi connectivity index (χ2v) is 10.1. The number of nitrogen functional groups attached to an aromatic ring is 1. The number of anilines is 2. The number of nitrogens with two attached hydrogens (primary N) is 1. The molecule has 0 amide bonds. The maximum Gasteiger partial charge on any atom is 0.269 e. The van der Waals surface area contributed by atoms with Gasteiger partial charge < -0.3 is 20.7 Å². The molecule has 1 fully saturated rings. The van der Waals surface area contributed by atoms with E-state index in [0.29, 0.717) is 19.2 Å². The van der Waals surface area contributed by atoms with Crippen LogP contribution in [0.15, 0.2) is 16.9 Å². The number of fused-ring (bicyclic) bond motifs is 2. The minimum absolute atomic E-state index is 0.0436. The Balaban J connectivity index is 1.75. The maximum atomic E-state index is 15.7. The smallest absolute Gasteiger partial charge is 0.269 e. The van der Waals surface area contributed by atoms with Gasteiger partial charge in [-0.05, 0) is 31.9 Å². The average Bonchev–Trinajstić information content (AvgIpc) is 3.50. The zero-order valence-electron chi connectivity index (χ0n) is 20.5. The van der Waals surface area contributed by atoms with Crippen molar-refractivity contribution in [3.8, 4) is 5.75 Å². The van der Waals surface area contributed by atoms with Crippen molar-refractivity contribution in [3.63, 3.8) is 0 Å². The third-order valence-electron chi connectivity index (χ3n) is 7.38. The molecule has 37 heavy (non-hydrogen) atoms. The predicted molar refractivity (Wildman–Crippen MR) is 134 cm³/mol. The highest BCUT2D eigenvalue weighted by molar-refractivity contribution is 7.06. The van der Waals surface area contributed by atoms with Gasteiger partial charge in [0.05, 0.1) is 23.6 Å². The Morgan fingerprint density at radius 2 is 2.03 bits per heavy atom. The number of hydrogen-bond donors (Lipinski definition) is 3. The lowest BCUT2D eigenvalue weighted by Gasteiger charge is -2.31. The fourth-order valence-corrected chi connectivity index (χ4v) is 6.60. The first-order valence-electron chi connectivity index (χ1n) is 11.9. The van der Waals surface area contributed by atoms with Crippen molar-refractivity contribution in [3.05, 3.63) is 67.2 Å². The summed E-state index contributed by atoms with van der Waals surface area (Å²) < 4.78 is 53.1. The molecule has 0 bridgehead atoms. The highest BCUT2D eigenvalue weighted by Crippen LogP contribution is 2.50. The van der Waals surface area contributed by atoms with Crippen molar-refractivity contribution < 1.29 is 22.7 Å². The molecule has 3 aromatic rings. The number of pyridine rings is 1. The lowest BCUT2D eigenvalue weighted by molar-refractivity contribution is 0.103. The van der Waals surface area contributed by atoms with Crippen LogP contribution in [0.3, 0.4) is 0 Å². The molecule has 196 valence electrons. The van der Waals surface area contributed by atoms with E-state index in [1.165, 1.54) is 7.11 Å². The van der Waals surface area contributed by atoms with Crippen molar-refractivity contribution >= 4 is 28.8 Å². The van der Waals surface area contributed by atoms with Crippen molar-refractivity contribution in [2.75, 3.05) is 37.9 Å². The van der Waals surface area contributed by atoms with E-state index in [1.54, 1.807) is 0 Å². The van der Waals surface area contributed by atoms with Crippen LogP contribution >= 0.6 is 11.5 Å². The molecule has 2 aliphatic rings. The van der Waals surface area contributed by atoms with Crippen molar-refractivity contribution in [1.82, 2.24) is 14.7 Å². The zero-order chi connectivity index (χ0) is 26.6. The van der Waals surface area contributed by atoms with E-state index in [-0.39, 0.29) is 50.7 Å². The number of methoxy groups -OCH3 is 1. The largest absolute Gasteiger partial charge is 0.494 e. The van der Waals surface area contributed by atoms with Gasteiger partial charge in [-0.3, -0.25) is 14.0 Å². The molecule has 0 spiro atoms. The van der Waals surface area contributed by atoms with Crippen LogP contribution in [-0.4, -0.2) is 48.4 Å². The lowest BCUT2D eigenvalue weighted by atomic mass is 9.79. The van der Waals surface area contributed by atoms with E-state index in [9.17, 15) is 14.0 Å². The molecule has 0 radical (unpaired) electrons. The standard InChI is InChI=1S/C25H26F3N5O3S/c1-4-15(30-2)10-5-6-33(9-10)20-13(27)7-11-16(22(20)36-3)17(19-12(26)8-14(28)24(29)31-19)23-18(21(11)34)25(35)32-37-23/h7-8,10,15,17,30H,4-6,9H2,1-3H3,(H2,29,31)(H,32,35)/t10-,15-,17?/m1/s1. The molecule has 3 heterocycles. The van der Waals surface area contributed by atoms with Gasteiger partial charge in [-0.2, -0.15) is 0 Å². The number of hydrogen-bond acceptors (Lipinski definition) is 8. The molecule has 12 heteroatoms. The number of aromatic nitrogens is 2. The molecule has 4 N–H and O–H groups in total. The van der Waals surface area contributed by atoms with Gasteiger partial charge in [-0.25, -0.2) is 18.2 Å². The topological polar surface area (TPSA) is 113 Å². The predicted octanol–water partition coefficient (Wildman–Crippen LogP) is 3.39. The van der Waals surface area contributed by atoms with E-state index in [1.807, 2.05) is 11.9 Å². The van der Waals surface area contributed by atoms with Crippen molar-refractivity contribution in [2.45, 2.75) is 31.7 Å². The summed E-state index contributed by atoms with van der Waals surface area (Å²) in [5.41, 5.74) is 4.63. The fraction of sp³-hybridized carbons (Fsp3) is 0.400. The summed E-state index contributed by atoms with van der Waals surface area (Å²) in [6.07, 6.45) is 1.72. The number of benzene rings is 1. The third kappa shape index (κ3) is 3.89. The molecule has 5 rings (SSSR count). The molecule has 1 unspecified atom stereocenters. The lowest BCUT2D eigenvalue weighted by Crippen LogP contribution is -2.35. The minimum atomic E-state index is -1.15. The second-order valence-electron chi connectivity index (χ2n) is 9.26. The van der Waals surface area contributed by atoms with E-state index in [4.69, 9.17) is 10.5 Å². The van der Waals surface area contributed by atoms with Crippen LogP contribution in [0.2, 0.25) is 0 Å². The van der Waals surface area contributed by atoms with Gasteiger partial charge in [0.15, 0.2) is 23.2 Å². The van der Waals surface area contributed by atoms with Gasteiger partial charge in [0.2, 0.25) is 0 Å². The number of aromatic amines is 1. The van der Waals surface area contributed by atoms with Gasteiger partial charge in [0, 0.05) is 36.3 Å². The SMILES string of the molecule is CC[C@@H](NC)[C@@H]1CCN(c2c(F)cc3c(c2OC)C(c2nc(N)c(F)cc2F)c2s[nH]c(=O)c2C3=O)C1. The van der Waals surface area contributed by atoms with Gasteiger partial charge in [0.25, 0.3) is 5.56 Å². The van der Waals surface area contributed by atoms with Crippen LogP contribution in [-0.2, 0) is 0 Å². The summed E-state index contributed by atoms with van der Waals surface area (Å²) in [5.74, 6) is -4.85. The zero-order valence-corrected chi connectivity index (χ0v) is 21.3. The van der Waals surface area contributed by atoms with E-state index in [2.05, 4.69) is 21.6 Å². The number of carbonyl (C=O) groups excluding carboxylic acids is 1. The number of ketones is 1. The van der Waals surface area contributed by atoms with Gasteiger partial charge in [-0.15, -0.1) is 0 Å². The van der Waals surface area contributed by atoms with Crippen LogP contribution in [0.4, 0.5) is 24.7 Å². The first kappa shape index (κ1) is 25.3. The monoisotopic (exact) mass is 533 g/mol. The number of rotatable bonds is 6. The third-order valence-corrected chi connectivity index (χ3v) is 8.33.